The van der Waals surface area contributed by atoms with Gasteiger partial charge in [0.25, 0.3) is 0 Å². The second kappa shape index (κ2) is 10.2. The lowest BCUT2D eigenvalue weighted by Gasteiger charge is -2.27. The first-order chi connectivity index (χ1) is 16.0. The molecule has 1 atom stereocenters. The number of imidazole rings is 1. The van der Waals surface area contributed by atoms with Crippen LogP contribution < -0.4 is 16.4 Å². The highest BCUT2D eigenvalue weighted by atomic mass is 16.5. The molecule has 33 heavy (non-hydrogen) atoms. The molecule has 9 nitrogen and oxygen atoms in total. The number of carbonyl (C=O) groups excluding carboxylic acids is 1. The summed E-state index contributed by atoms with van der Waals surface area (Å²) in [7, 11) is 0. The van der Waals surface area contributed by atoms with Gasteiger partial charge in [-0.1, -0.05) is 6.92 Å². The minimum absolute atomic E-state index is 0.266. The molecule has 1 aliphatic carbocycles. The minimum Gasteiger partial charge on any atom is -0.462 e. The van der Waals surface area contributed by atoms with Crippen molar-refractivity contribution in [2.75, 3.05) is 17.2 Å². The van der Waals surface area contributed by atoms with E-state index in [-0.39, 0.29) is 18.1 Å². The van der Waals surface area contributed by atoms with Crippen molar-refractivity contribution in [1.82, 2.24) is 19.5 Å². The molecule has 2 aromatic heterocycles. The standard InChI is InChI=1S/C24H33N7O2/c1-4-15(3)31-14-26-20-21(27-18-10-6-16(7-11-18)23(32)33-5-2)29-24(30-22(20)31)28-19-12-8-17(25)9-13-19/h6-7,10-11,14-15,17,19H,4-5,8-9,12-13,25H2,1-3H3,(H2,27,28,29,30). The van der Waals surface area contributed by atoms with Crippen molar-refractivity contribution >= 4 is 34.6 Å². The highest BCUT2D eigenvalue weighted by Crippen LogP contribution is 2.28. The Morgan fingerprint density at radius 1 is 1.18 bits per heavy atom. The molecule has 1 aromatic carbocycles. The summed E-state index contributed by atoms with van der Waals surface area (Å²) in [6, 6.07) is 8.00. The smallest absolute Gasteiger partial charge is 0.338 e. The molecular formula is C24H33N7O2. The van der Waals surface area contributed by atoms with Crippen LogP contribution in [0.3, 0.4) is 0 Å². The van der Waals surface area contributed by atoms with E-state index in [2.05, 4.69) is 34.0 Å². The average molecular weight is 452 g/mol. The SMILES string of the molecule is CCOC(=O)c1ccc(Nc2nc(NC3CCC(N)CC3)nc3c2ncn3C(C)CC)cc1. The number of carbonyl (C=O) groups is 1. The Labute approximate surface area is 194 Å². The molecular weight excluding hydrogens is 418 g/mol. The maximum atomic E-state index is 11.9. The van der Waals surface area contributed by atoms with E-state index in [9.17, 15) is 4.79 Å². The van der Waals surface area contributed by atoms with Crippen LogP contribution in [0, 0.1) is 0 Å². The van der Waals surface area contributed by atoms with E-state index in [1.165, 1.54) is 0 Å². The number of esters is 1. The van der Waals surface area contributed by atoms with Gasteiger partial charge in [0.05, 0.1) is 18.5 Å². The summed E-state index contributed by atoms with van der Waals surface area (Å²) in [4.78, 5) is 26.1. The van der Waals surface area contributed by atoms with Crippen LogP contribution in [0.1, 0.15) is 69.3 Å². The average Bonchev–Trinajstić information content (AvgIpc) is 3.25. The van der Waals surface area contributed by atoms with Crippen molar-refractivity contribution < 1.29 is 9.53 Å². The Kier molecular flexibility index (Phi) is 7.08. The fraction of sp³-hybridized carbons (Fsp3) is 0.500. The van der Waals surface area contributed by atoms with Gasteiger partial charge in [-0.05, 0) is 70.2 Å². The fourth-order valence-electron chi connectivity index (χ4n) is 4.07. The van der Waals surface area contributed by atoms with Crippen molar-refractivity contribution in [1.29, 1.82) is 0 Å². The van der Waals surface area contributed by atoms with Crippen LogP contribution in [0.15, 0.2) is 30.6 Å². The first-order valence-electron chi connectivity index (χ1n) is 11.8. The Bertz CT molecular complexity index is 1090. The zero-order valence-electron chi connectivity index (χ0n) is 19.5. The van der Waals surface area contributed by atoms with E-state index in [0.717, 1.165) is 43.4 Å². The highest BCUT2D eigenvalue weighted by molar-refractivity contribution is 5.90. The lowest BCUT2D eigenvalue weighted by Crippen LogP contribution is -2.33. The van der Waals surface area contributed by atoms with Gasteiger partial charge in [-0.25, -0.2) is 9.78 Å². The second-order valence-corrected chi connectivity index (χ2v) is 8.66. The van der Waals surface area contributed by atoms with Gasteiger partial charge in [-0.15, -0.1) is 0 Å². The molecule has 0 aliphatic heterocycles. The largest absolute Gasteiger partial charge is 0.462 e. The molecule has 0 radical (unpaired) electrons. The lowest BCUT2D eigenvalue weighted by molar-refractivity contribution is 0.0526. The van der Waals surface area contributed by atoms with E-state index < -0.39 is 0 Å². The number of anilines is 3. The maximum Gasteiger partial charge on any atom is 0.338 e. The third kappa shape index (κ3) is 5.24. The zero-order valence-corrected chi connectivity index (χ0v) is 19.5. The van der Waals surface area contributed by atoms with E-state index in [1.54, 1.807) is 19.1 Å². The molecule has 176 valence electrons. The summed E-state index contributed by atoms with van der Waals surface area (Å²) >= 11 is 0. The van der Waals surface area contributed by atoms with Crippen LogP contribution in [0.4, 0.5) is 17.5 Å². The number of hydrogen-bond acceptors (Lipinski definition) is 8. The monoisotopic (exact) mass is 451 g/mol. The first kappa shape index (κ1) is 23.0. The molecule has 1 aliphatic rings. The number of benzene rings is 1. The van der Waals surface area contributed by atoms with Gasteiger partial charge in [0.1, 0.15) is 0 Å². The molecule has 0 amide bonds. The number of aromatic nitrogens is 4. The summed E-state index contributed by atoms with van der Waals surface area (Å²) in [5.74, 6) is 0.874. The summed E-state index contributed by atoms with van der Waals surface area (Å²) in [6.07, 6.45) is 6.81. The van der Waals surface area contributed by atoms with Crippen molar-refractivity contribution in [2.45, 2.75) is 71.0 Å². The van der Waals surface area contributed by atoms with Gasteiger partial charge in [0.15, 0.2) is 17.0 Å². The van der Waals surface area contributed by atoms with Crippen molar-refractivity contribution in [3.8, 4) is 0 Å². The number of ether oxygens (including phenoxy) is 1. The van der Waals surface area contributed by atoms with Crippen LogP contribution in [-0.4, -0.2) is 44.2 Å². The number of rotatable bonds is 8. The zero-order chi connectivity index (χ0) is 23.4. The molecule has 1 fully saturated rings. The number of hydrogen-bond donors (Lipinski definition) is 3. The van der Waals surface area contributed by atoms with Crippen LogP contribution >= 0.6 is 0 Å². The normalized spacial score (nSPS) is 19.3. The van der Waals surface area contributed by atoms with Gasteiger partial charge < -0.3 is 25.7 Å². The summed E-state index contributed by atoms with van der Waals surface area (Å²) in [5, 5.41) is 6.87. The number of nitrogens with two attached hydrogens (primary N) is 1. The van der Waals surface area contributed by atoms with Crippen LogP contribution in [-0.2, 0) is 4.74 Å². The number of nitrogens with one attached hydrogen (secondary N) is 2. The minimum atomic E-state index is -0.334. The summed E-state index contributed by atoms with van der Waals surface area (Å²) in [5.41, 5.74) is 8.88. The molecule has 0 saturated heterocycles. The van der Waals surface area contributed by atoms with Crippen molar-refractivity contribution in [3.05, 3.63) is 36.2 Å². The molecule has 2 heterocycles. The first-order valence-corrected chi connectivity index (χ1v) is 11.8. The topological polar surface area (TPSA) is 120 Å². The predicted molar refractivity (Wildman–Crippen MR) is 130 cm³/mol. The molecule has 1 saturated carbocycles. The third-order valence-corrected chi connectivity index (χ3v) is 6.25. The van der Waals surface area contributed by atoms with E-state index in [0.29, 0.717) is 35.5 Å². The van der Waals surface area contributed by atoms with E-state index in [1.807, 2.05) is 18.5 Å². The molecule has 0 spiro atoms. The Morgan fingerprint density at radius 2 is 1.91 bits per heavy atom. The maximum absolute atomic E-state index is 11.9. The Hall–Kier alpha value is -3.20. The Balaban J connectivity index is 1.64. The predicted octanol–water partition coefficient (Wildman–Crippen LogP) is 4.40. The lowest BCUT2D eigenvalue weighted by atomic mass is 9.92. The third-order valence-electron chi connectivity index (χ3n) is 6.25. The summed E-state index contributed by atoms with van der Waals surface area (Å²) < 4.78 is 7.16. The molecule has 4 N–H and O–H groups in total. The van der Waals surface area contributed by atoms with Crippen molar-refractivity contribution in [3.63, 3.8) is 0 Å². The highest BCUT2D eigenvalue weighted by Gasteiger charge is 2.21. The van der Waals surface area contributed by atoms with Crippen LogP contribution in [0.25, 0.3) is 11.2 Å². The van der Waals surface area contributed by atoms with Crippen LogP contribution in [0.2, 0.25) is 0 Å². The van der Waals surface area contributed by atoms with Gasteiger partial charge >= 0.3 is 5.97 Å². The Morgan fingerprint density at radius 3 is 2.58 bits per heavy atom. The number of nitrogens with zero attached hydrogens (tertiary/aromatic N) is 4. The van der Waals surface area contributed by atoms with Gasteiger partial charge in [-0.2, -0.15) is 9.97 Å². The molecule has 3 aromatic rings. The summed E-state index contributed by atoms with van der Waals surface area (Å²) in [6.45, 7) is 6.44. The number of fused-ring (bicyclic) bond motifs is 1. The van der Waals surface area contributed by atoms with E-state index >= 15 is 0 Å². The van der Waals surface area contributed by atoms with E-state index in [4.69, 9.17) is 20.4 Å². The van der Waals surface area contributed by atoms with Gasteiger partial charge in [-0.3, -0.25) is 0 Å². The van der Waals surface area contributed by atoms with Crippen molar-refractivity contribution in [2.24, 2.45) is 5.73 Å². The molecule has 4 rings (SSSR count). The second-order valence-electron chi connectivity index (χ2n) is 8.66. The van der Waals surface area contributed by atoms with Gasteiger partial charge in [0, 0.05) is 23.8 Å². The van der Waals surface area contributed by atoms with Gasteiger partial charge in [0.2, 0.25) is 5.95 Å². The molecule has 9 heteroatoms. The molecule has 1 unspecified atom stereocenters. The van der Waals surface area contributed by atoms with Crippen LogP contribution in [0.5, 0.6) is 0 Å². The quantitative estimate of drug-likeness (QED) is 0.431. The fourth-order valence-corrected chi connectivity index (χ4v) is 4.07. The molecule has 0 bridgehead atoms.